The van der Waals surface area contributed by atoms with Gasteiger partial charge in [0.2, 0.25) is 5.75 Å². The lowest BCUT2D eigenvalue weighted by Gasteiger charge is -2.29. The monoisotopic (exact) mass is 483 g/mol. The topological polar surface area (TPSA) is 60.1 Å². The molecule has 5 nitrogen and oxygen atoms in total. The molecule has 1 aromatic heterocycles. The molecular weight excluding hydrogens is 459 g/mol. The van der Waals surface area contributed by atoms with Crippen LogP contribution in [0, 0.1) is 0 Å². The molecule has 0 spiro atoms. The highest BCUT2D eigenvalue weighted by Crippen LogP contribution is 2.44. The SMILES string of the molecule is COc1cc([C@@H]2[NH2+]C[C@H](c3ccc(Cl)cc3Cl)c3c2[nH]c2ccccc32)cc(OC)c1OC. The Bertz CT molecular complexity index is 1310. The number of fused-ring (bicyclic) bond motifs is 3. The van der Waals surface area contributed by atoms with E-state index in [4.69, 9.17) is 37.4 Å². The number of aromatic nitrogens is 1. The summed E-state index contributed by atoms with van der Waals surface area (Å²) in [6.07, 6.45) is 0. The van der Waals surface area contributed by atoms with Gasteiger partial charge >= 0.3 is 0 Å². The van der Waals surface area contributed by atoms with Crippen LogP contribution >= 0.6 is 23.2 Å². The molecule has 0 amide bonds. The van der Waals surface area contributed by atoms with Gasteiger partial charge in [0.15, 0.2) is 17.5 Å². The fourth-order valence-corrected chi connectivity index (χ4v) is 5.50. The van der Waals surface area contributed by atoms with Crippen molar-refractivity contribution in [3.05, 3.63) is 87.0 Å². The third kappa shape index (κ3) is 3.70. The van der Waals surface area contributed by atoms with E-state index in [9.17, 15) is 0 Å². The summed E-state index contributed by atoms with van der Waals surface area (Å²) in [6.45, 7) is 0.831. The first-order valence-corrected chi connectivity index (χ1v) is 11.5. The third-order valence-electron chi connectivity index (χ3n) is 6.43. The molecule has 33 heavy (non-hydrogen) atoms. The van der Waals surface area contributed by atoms with Crippen molar-refractivity contribution in [2.75, 3.05) is 27.9 Å². The fraction of sp³-hybridized carbons (Fsp3) is 0.231. The number of hydrogen-bond acceptors (Lipinski definition) is 3. The molecule has 4 aromatic rings. The molecule has 3 aromatic carbocycles. The Balaban J connectivity index is 1.70. The molecule has 0 unspecified atom stereocenters. The minimum Gasteiger partial charge on any atom is -0.493 e. The van der Waals surface area contributed by atoms with Crippen LogP contribution in [0.25, 0.3) is 10.9 Å². The molecular formula is C26H25Cl2N2O3+. The molecule has 0 fully saturated rings. The smallest absolute Gasteiger partial charge is 0.203 e. The van der Waals surface area contributed by atoms with Crippen molar-refractivity contribution in [3.8, 4) is 17.2 Å². The van der Waals surface area contributed by atoms with Gasteiger partial charge in [0, 0.05) is 32.1 Å². The van der Waals surface area contributed by atoms with E-state index in [1.54, 1.807) is 21.3 Å². The number of para-hydroxylation sites is 1. The molecule has 170 valence electrons. The first-order chi connectivity index (χ1) is 16.0. The number of nitrogens with two attached hydrogens (primary N) is 1. The van der Waals surface area contributed by atoms with Crippen molar-refractivity contribution >= 4 is 34.1 Å². The van der Waals surface area contributed by atoms with Gasteiger partial charge in [-0.15, -0.1) is 0 Å². The zero-order valence-corrected chi connectivity index (χ0v) is 20.1. The molecule has 3 N–H and O–H groups in total. The van der Waals surface area contributed by atoms with E-state index in [2.05, 4.69) is 28.5 Å². The number of quaternary nitrogens is 1. The molecule has 1 aliphatic heterocycles. The minimum absolute atomic E-state index is 0.0310. The summed E-state index contributed by atoms with van der Waals surface area (Å²) in [7, 11) is 4.89. The summed E-state index contributed by atoms with van der Waals surface area (Å²) >= 11 is 12.8. The second-order valence-electron chi connectivity index (χ2n) is 8.12. The molecule has 1 aliphatic rings. The van der Waals surface area contributed by atoms with E-state index in [1.165, 1.54) is 10.9 Å². The molecule has 2 heterocycles. The van der Waals surface area contributed by atoms with E-state index in [0.717, 1.165) is 28.9 Å². The molecule has 0 aliphatic carbocycles. The number of hydrogen-bond donors (Lipinski definition) is 2. The maximum atomic E-state index is 6.66. The third-order valence-corrected chi connectivity index (χ3v) is 6.99. The molecule has 0 saturated carbocycles. The molecule has 0 saturated heterocycles. The predicted molar refractivity (Wildman–Crippen MR) is 131 cm³/mol. The van der Waals surface area contributed by atoms with Crippen LogP contribution in [0.2, 0.25) is 10.0 Å². The number of methoxy groups -OCH3 is 3. The molecule has 5 rings (SSSR count). The van der Waals surface area contributed by atoms with Gasteiger partial charge in [0.05, 0.1) is 39.5 Å². The Morgan fingerprint density at radius 3 is 2.30 bits per heavy atom. The number of rotatable bonds is 5. The predicted octanol–water partition coefficient (Wildman–Crippen LogP) is 5.30. The number of halogens is 2. The van der Waals surface area contributed by atoms with Gasteiger partial charge in [-0.1, -0.05) is 47.5 Å². The number of nitrogens with one attached hydrogen (secondary N) is 1. The Kier molecular flexibility index (Phi) is 5.87. The quantitative estimate of drug-likeness (QED) is 0.404. The van der Waals surface area contributed by atoms with E-state index in [-0.39, 0.29) is 12.0 Å². The average molecular weight is 484 g/mol. The Hall–Kier alpha value is -2.86. The standard InChI is InChI=1S/C26H24Cl2N2O3/c1-31-21-10-14(11-22(32-2)26(21)33-3)24-25-23(17-6-4-5-7-20(17)30-25)18(13-29-24)16-9-8-15(27)12-19(16)28/h4-12,18,24,29-30H,13H2,1-3H3/p+1/t18-,24+/m1/s1. The van der Waals surface area contributed by atoms with Crippen molar-refractivity contribution in [2.45, 2.75) is 12.0 Å². The van der Waals surface area contributed by atoms with Crippen LogP contribution in [0.1, 0.15) is 34.3 Å². The van der Waals surface area contributed by atoms with Crippen molar-refractivity contribution < 1.29 is 19.5 Å². The van der Waals surface area contributed by atoms with Crippen molar-refractivity contribution in [2.24, 2.45) is 0 Å². The number of benzene rings is 3. The maximum absolute atomic E-state index is 6.66. The summed E-state index contributed by atoms with van der Waals surface area (Å²) in [4.78, 5) is 3.69. The van der Waals surface area contributed by atoms with Gasteiger partial charge in [-0.25, -0.2) is 0 Å². The van der Waals surface area contributed by atoms with Crippen LogP contribution in [0.3, 0.4) is 0 Å². The Morgan fingerprint density at radius 1 is 0.909 bits per heavy atom. The van der Waals surface area contributed by atoms with Crippen LogP contribution in [0.4, 0.5) is 0 Å². The van der Waals surface area contributed by atoms with Crippen LogP contribution in [0.5, 0.6) is 17.2 Å². The Labute approximate surface area is 202 Å². The highest BCUT2D eigenvalue weighted by Gasteiger charge is 2.37. The van der Waals surface area contributed by atoms with Crippen LogP contribution in [-0.4, -0.2) is 32.9 Å². The number of aromatic amines is 1. The molecule has 0 radical (unpaired) electrons. The van der Waals surface area contributed by atoms with Crippen LogP contribution < -0.4 is 19.5 Å². The Morgan fingerprint density at radius 2 is 1.64 bits per heavy atom. The van der Waals surface area contributed by atoms with E-state index in [1.807, 2.05) is 36.4 Å². The lowest BCUT2D eigenvalue weighted by atomic mass is 9.83. The summed E-state index contributed by atoms with van der Waals surface area (Å²) in [6, 6.07) is 18.2. The largest absolute Gasteiger partial charge is 0.493 e. The van der Waals surface area contributed by atoms with Gasteiger partial charge in [0.25, 0.3) is 0 Å². The summed E-state index contributed by atoms with van der Waals surface area (Å²) in [5.74, 6) is 1.99. The summed E-state index contributed by atoms with van der Waals surface area (Å²) in [5.41, 5.74) is 5.65. The van der Waals surface area contributed by atoms with Gasteiger partial charge in [0.1, 0.15) is 0 Å². The van der Waals surface area contributed by atoms with E-state index in [0.29, 0.717) is 27.3 Å². The van der Waals surface area contributed by atoms with Crippen molar-refractivity contribution in [1.82, 2.24) is 4.98 Å². The minimum atomic E-state index is 0.0310. The second kappa shape index (κ2) is 8.82. The van der Waals surface area contributed by atoms with E-state index >= 15 is 0 Å². The van der Waals surface area contributed by atoms with Gasteiger partial charge in [-0.2, -0.15) is 0 Å². The highest BCUT2D eigenvalue weighted by molar-refractivity contribution is 6.35. The normalized spacial score (nSPS) is 17.6. The van der Waals surface area contributed by atoms with Gasteiger partial charge < -0.3 is 24.5 Å². The van der Waals surface area contributed by atoms with Crippen molar-refractivity contribution in [3.63, 3.8) is 0 Å². The fourth-order valence-electron chi connectivity index (χ4n) is 4.96. The maximum Gasteiger partial charge on any atom is 0.203 e. The average Bonchev–Trinajstić information content (AvgIpc) is 3.22. The summed E-state index contributed by atoms with van der Waals surface area (Å²) < 4.78 is 16.8. The zero-order chi connectivity index (χ0) is 23.1. The van der Waals surface area contributed by atoms with Crippen LogP contribution in [0.15, 0.2) is 54.6 Å². The van der Waals surface area contributed by atoms with E-state index < -0.39 is 0 Å². The van der Waals surface area contributed by atoms with Gasteiger partial charge in [-0.05, 0) is 35.9 Å². The lowest BCUT2D eigenvalue weighted by Crippen LogP contribution is -2.88. The highest BCUT2D eigenvalue weighted by atomic mass is 35.5. The first kappa shape index (κ1) is 22.0. The molecule has 7 heteroatoms. The molecule has 0 bridgehead atoms. The summed E-state index contributed by atoms with van der Waals surface area (Å²) in [5, 5.41) is 4.85. The van der Waals surface area contributed by atoms with Gasteiger partial charge in [-0.3, -0.25) is 0 Å². The second-order valence-corrected chi connectivity index (χ2v) is 8.97. The lowest BCUT2D eigenvalue weighted by molar-refractivity contribution is -0.692. The number of H-pyrrole nitrogens is 1. The zero-order valence-electron chi connectivity index (χ0n) is 18.6. The first-order valence-electron chi connectivity index (χ1n) is 10.7. The number of ether oxygens (including phenoxy) is 3. The molecule has 2 atom stereocenters. The van der Waals surface area contributed by atoms with Crippen molar-refractivity contribution in [1.29, 1.82) is 0 Å². The van der Waals surface area contributed by atoms with Crippen LogP contribution in [-0.2, 0) is 0 Å².